The number of carbonyl (C=O) groups excluding carboxylic acids is 3. The highest BCUT2D eigenvalue weighted by Gasteiger charge is 2.19. The number of ether oxygens (including phenoxy) is 3. The molecule has 0 saturated heterocycles. The predicted octanol–water partition coefficient (Wildman–Crippen LogP) is 21.8. The lowest BCUT2D eigenvalue weighted by molar-refractivity contribution is -0.167. The zero-order chi connectivity index (χ0) is 55.0. The first-order chi connectivity index (χ1) is 37.5. The molecule has 0 heterocycles. The van der Waals surface area contributed by atoms with Crippen molar-refractivity contribution in [2.75, 3.05) is 13.2 Å². The van der Waals surface area contributed by atoms with Crippen LogP contribution in [0, 0.1) is 0 Å². The lowest BCUT2D eigenvalue weighted by Gasteiger charge is -2.18. The lowest BCUT2D eigenvalue weighted by Crippen LogP contribution is -2.30. The molecule has 0 aliphatic rings. The fourth-order valence-electron chi connectivity index (χ4n) is 8.79. The molecule has 6 nitrogen and oxygen atoms in total. The molecule has 0 aromatic rings. The van der Waals surface area contributed by atoms with Gasteiger partial charge in [0.15, 0.2) is 6.10 Å². The van der Waals surface area contributed by atoms with Crippen LogP contribution in [-0.4, -0.2) is 37.2 Å². The predicted molar refractivity (Wildman–Crippen MR) is 330 cm³/mol. The Kier molecular flexibility index (Phi) is 60.3. The third-order valence-electron chi connectivity index (χ3n) is 13.5. The van der Waals surface area contributed by atoms with Gasteiger partial charge in [-0.2, -0.15) is 0 Å². The summed E-state index contributed by atoms with van der Waals surface area (Å²) in [6.45, 7) is 6.52. The average Bonchev–Trinajstić information content (AvgIpc) is 3.42. The summed E-state index contributed by atoms with van der Waals surface area (Å²) in [4.78, 5) is 38.2. The zero-order valence-electron chi connectivity index (χ0n) is 49.7. The van der Waals surface area contributed by atoms with Crippen molar-refractivity contribution in [2.45, 2.75) is 303 Å². The maximum Gasteiger partial charge on any atom is 0.306 e. The number of unbranched alkanes of at least 4 members (excludes halogenated alkanes) is 28. The van der Waals surface area contributed by atoms with Crippen molar-refractivity contribution in [3.05, 3.63) is 109 Å². The van der Waals surface area contributed by atoms with Crippen LogP contribution in [-0.2, 0) is 28.6 Å². The average molecular weight is 1060 g/mol. The minimum Gasteiger partial charge on any atom is -0.462 e. The van der Waals surface area contributed by atoms with Gasteiger partial charge in [0.1, 0.15) is 13.2 Å². The summed E-state index contributed by atoms with van der Waals surface area (Å²) in [5.41, 5.74) is 0. The summed E-state index contributed by atoms with van der Waals surface area (Å²) in [6.07, 6.45) is 86.6. The van der Waals surface area contributed by atoms with Crippen molar-refractivity contribution < 1.29 is 28.6 Å². The molecule has 76 heavy (non-hydrogen) atoms. The van der Waals surface area contributed by atoms with E-state index in [-0.39, 0.29) is 31.1 Å². The van der Waals surface area contributed by atoms with Crippen LogP contribution < -0.4 is 0 Å². The van der Waals surface area contributed by atoms with Crippen molar-refractivity contribution in [1.82, 2.24) is 0 Å². The highest BCUT2D eigenvalue weighted by molar-refractivity contribution is 5.71. The fourth-order valence-corrected chi connectivity index (χ4v) is 8.79. The Labute approximate surface area is 470 Å². The molecule has 0 spiro atoms. The Morgan fingerprint density at radius 2 is 0.513 bits per heavy atom. The maximum absolute atomic E-state index is 12.9. The van der Waals surface area contributed by atoms with Gasteiger partial charge in [-0.25, -0.2) is 0 Å². The van der Waals surface area contributed by atoms with Crippen LogP contribution in [0.3, 0.4) is 0 Å². The van der Waals surface area contributed by atoms with Crippen molar-refractivity contribution >= 4 is 17.9 Å². The standard InChI is InChI=1S/C70H118O6/c1-4-7-10-13-16-19-22-25-27-28-29-30-31-32-33-34-35-36-37-38-39-40-41-42-43-46-48-51-54-57-60-63-69(72)75-66-67(65-74-68(71)62-59-56-53-50-47-44-24-21-18-15-12-9-6-3)76-70(73)64-61-58-55-52-49-45-26-23-20-17-14-11-8-5-2/h7,10,16,19,25,27,29-30,32-33,35-36,38-39,41-42,46,48,67H,4-6,8-9,11-15,17-18,20-24,26,28,31,34,37,40,43-45,47,49-66H2,1-3H3/b10-7-,19-16-,27-25-,30-29-,33-32-,36-35-,39-38-,42-41-,48-46-. The number of allylic oxidation sites excluding steroid dienone is 18. The van der Waals surface area contributed by atoms with E-state index in [0.29, 0.717) is 19.3 Å². The summed E-state index contributed by atoms with van der Waals surface area (Å²) in [6, 6.07) is 0. The van der Waals surface area contributed by atoms with Crippen LogP contribution in [0.5, 0.6) is 0 Å². The highest BCUT2D eigenvalue weighted by Crippen LogP contribution is 2.16. The number of rotatable bonds is 57. The van der Waals surface area contributed by atoms with Gasteiger partial charge in [-0.3, -0.25) is 14.4 Å². The SMILES string of the molecule is CC/C=C\C/C=C\C/C=C\C/C=C\C/C=C\C/C=C\C/C=C\C/C=C\C/C=C\CCCCCC(=O)OCC(COC(=O)CCCCCCCCCCCCCCC)OC(=O)CCCCCCCCCCCCCCCC. The van der Waals surface area contributed by atoms with Gasteiger partial charge >= 0.3 is 17.9 Å². The van der Waals surface area contributed by atoms with Gasteiger partial charge in [0, 0.05) is 19.3 Å². The number of hydrogen-bond acceptors (Lipinski definition) is 6. The van der Waals surface area contributed by atoms with Crippen LogP contribution in [0.1, 0.15) is 297 Å². The van der Waals surface area contributed by atoms with E-state index < -0.39 is 6.10 Å². The van der Waals surface area contributed by atoms with Crippen LogP contribution in [0.25, 0.3) is 0 Å². The molecule has 434 valence electrons. The number of carbonyl (C=O) groups is 3. The van der Waals surface area contributed by atoms with Crippen LogP contribution >= 0.6 is 0 Å². The van der Waals surface area contributed by atoms with Gasteiger partial charge in [-0.1, -0.05) is 297 Å². The van der Waals surface area contributed by atoms with E-state index in [1.54, 1.807) is 0 Å². The molecular formula is C70H118O6. The minimum absolute atomic E-state index is 0.0850. The van der Waals surface area contributed by atoms with E-state index in [0.717, 1.165) is 122 Å². The lowest BCUT2D eigenvalue weighted by atomic mass is 10.0. The first kappa shape index (κ1) is 72.1. The maximum atomic E-state index is 12.9. The van der Waals surface area contributed by atoms with Crippen molar-refractivity contribution in [3.63, 3.8) is 0 Å². The Balaban J connectivity index is 4.34. The molecule has 0 aromatic carbocycles. The minimum atomic E-state index is -0.790. The summed E-state index contributed by atoms with van der Waals surface area (Å²) in [5, 5.41) is 0. The van der Waals surface area contributed by atoms with Crippen LogP contribution in [0.15, 0.2) is 109 Å². The second-order valence-corrected chi connectivity index (χ2v) is 21.0. The molecule has 6 heteroatoms. The molecule has 0 amide bonds. The van der Waals surface area contributed by atoms with E-state index in [2.05, 4.69) is 130 Å². The van der Waals surface area contributed by atoms with Gasteiger partial charge in [-0.15, -0.1) is 0 Å². The second kappa shape index (κ2) is 63.6. The third kappa shape index (κ3) is 60.9. The first-order valence-corrected chi connectivity index (χ1v) is 31.9. The third-order valence-corrected chi connectivity index (χ3v) is 13.5. The monoisotopic (exact) mass is 1050 g/mol. The molecule has 0 N–H and O–H groups in total. The number of hydrogen-bond donors (Lipinski definition) is 0. The van der Waals surface area contributed by atoms with E-state index in [9.17, 15) is 14.4 Å². The van der Waals surface area contributed by atoms with Crippen LogP contribution in [0.4, 0.5) is 0 Å². The largest absolute Gasteiger partial charge is 0.462 e. The summed E-state index contributed by atoms with van der Waals surface area (Å²) >= 11 is 0. The topological polar surface area (TPSA) is 78.9 Å². The van der Waals surface area contributed by atoms with Gasteiger partial charge in [0.25, 0.3) is 0 Å². The molecule has 0 rings (SSSR count). The molecule has 0 fully saturated rings. The molecule has 0 radical (unpaired) electrons. The normalized spacial score (nSPS) is 12.8. The van der Waals surface area contributed by atoms with Crippen molar-refractivity contribution in [1.29, 1.82) is 0 Å². The van der Waals surface area contributed by atoms with Crippen molar-refractivity contribution in [2.24, 2.45) is 0 Å². The number of esters is 3. The Hall–Kier alpha value is -3.93. The van der Waals surface area contributed by atoms with Gasteiger partial charge < -0.3 is 14.2 Å². The smallest absolute Gasteiger partial charge is 0.306 e. The van der Waals surface area contributed by atoms with E-state index in [4.69, 9.17) is 14.2 Å². The van der Waals surface area contributed by atoms with E-state index in [1.165, 1.54) is 135 Å². The molecule has 0 saturated carbocycles. The summed E-state index contributed by atoms with van der Waals surface area (Å²) in [5.74, 6) is -0.910. The second-order valence-electron chi connectivity index (χ2n) is 21.0. The summed E-state index contributed by atoms with van der Waals surface area (Å²) in [7, 11) is 0. The van der Waals surface area contributed by atoms with Gasteiger partial charge in [-0.05, 0) is 89.9 Å². The molecule has 0 aliphatic carbocycles. The molecule has 0 bridgehead atoms. The van der Waals surface area contributed by atoms with E-state index >= 15 is 0 Å². The van der Waals surface area contributed by atoms with Crippen molar-refractivity contribution in [3.8, 4) is 0 Å². The van der Waals surface area contributed by atoms with Gasteiger partial charge in [0.2, 0.25) is 0 Å². The molecular weight excluding hydrogens is 937 g/mol. The quantitative estimate of drug-likeness (QED) is 0.0261. The Morgan fingerprint density at radius 3 is 0.803 bits per heavy atom. The molecule has 1 atom stereocenters. The fraction of sp³-hybridized carbons (Fsp3) is 0.700. The summed E-state index contributed by atoms with van der Waals surface area (Å²) < 4.78 is 16.9. The van der Waals surface area contributed by atoms with Gasteiger partial charge in [0.05, 0.1) is 0 Å². The molecule has 1 unspecified atom stereocenters. The Bertz CT molecular complexity index is 1540. The molecule has 0 aromatic heterocycles. The molecule has 0 aliphatic heterocycles. The van der Waals surface area contributed by atoms with Crippen LogP contribution in [0.2, 0.25) is 0 Å². The highest BCUT2D eigenvalue weighted by atomic mass is 16.6. The first-order valence-electron chi connectivity index (χ1n) is 31.9. The zero-order valence-corrected chi connectivity index (χ0v) is 49.7. The van der Waals surface area contributed by atoms with E-state index in [1.807, 2.05) is 0 Å². The Morgan fingerprint density at radius 1 is 0.276 bits per heavy atom.